The maximum atomic E-state index is 8.75. The average Bonchev–Trinajstić information content (AvgIpc) is 1.91. The zero-order valence-corrected chi connectivity index (χ0v) is 4.15. The molecule has 0 aromatic heterocycles. The van der Waals surface area contributed by atoms with Gasteiger partial charge in [-0.1, -0.05) is 11.8 Å². The molecule has 0 bridgehead atoms. The van der Waals surface area contributed by atoms with Crippen molar-refractivity contribution in [2.45, 2.75) is 13.3 Å². The molecule has 0 spiro atoms. The predicted octanol–water partition coefficient (Wildman–Crippen LogP) is 1.23. The minimum atomic E-state index is 0.403. The summed E-state index contributed by atoms with van der Waals surface area (Å²) < 4.78 is 0. The smallest absolute Gasteiger partial charge is 0.115 e. The van der Waals surface area contributed by atoms with E-state index in [1.165, 1.54) is 0 Å². The Kier molecular flexibility index (Phi) is 0.796. The van der Waals surface area contributed by atoms with Crippen LogP contribution in [0, 0.1) is 11.8 Å². The lowest BCUT2D eigenvalue weighted by molar-refractivity contribution is 0.401. The molecule has 36 valence electrons. The molecule has 0 atom stereocenters. The van der Waals surface area contributed by atoms with Crippen LogP contribution >= 0.6 is 0 Å². The summed E-state index contributed by atoms with van der Waals surface area (Å²) in [5, 5.41) is 8.75. The highest BCUT2D eigenvalue weighted by atomic mass is 16.3. The summed E-state index contributed by atoms with van der Waals surface area (Å²) in [7, 11) is 0. The molecule has 1 rings (SSSR count). The van der Waals surface area contributed by atoms with Crippen LogP contribution < -0.4 is 0 Å². The van der Waals surface area contributed by atoms with E-state index in [1.807, 2.05) is 6.92 Å². The van der Waals surface area contributed by atoms with E-state index in [-0.39, 0.29) is 0 Å². The van der Waals surface area contributed by atoms with E-state index < -0.39 is 0 Å². The summed E-state index contributed by atoms with van der Waals surface area (Å²) in [4.78, 5) is 0. The molecule has 0 heterocycles. The highest BCUT2D eigenvalue weighted by Gasteiger charge is 1.98. The molecule has 0 fully saturated rings. The maximum absolute atomic E-state index is 8.75. The summed E-state index contributed by atoms with van der Waals surface area (Å²) in [5.74, 6) is 5.90. The minimum Gasteiger partial charge on any atom is -0.510 e. The van der Waals surface area contributed by atoms with Crippen molar-refractivity contribution in [2.75, 3.05) is 0 Å². The summed E-state index contributed by atoms with van der Waals surface area (Å²) in [6.07, 6.45) is 0.547. The lowest BCUT2D eigenvalue weighted by Gasteiger charge is -1.85. The van der Waals surface area contributed by atoms with Gasteiger partial charge in [-0.05, 0) is 6.92 Å². The molecule has 1 N–H and O–H groups in total. The lowest BCUT2D eigenvalue weighted by Crippen LogP contribution is -1.75. The highest BCUT2D eigenvalue weighted by molar-refractivity contribution is 5.36. The van der Waals surface area contributed by atoms with Gasteiger partial charge in [-0.3, -0.25) is 0 Å². The summed E-state index contributed by atoms with van der Waals surface area (Å²) >= 11 is 0. The van der Waals surface area contributed by atoms with E-state index in [2.05, 4.69) is 11.8 Å². The molecule has 0 aliphatic heterocycles. The van der Waals surface area contributed by atoms with Crippen LogP contribution in [0.1, 0.15) is 13.3 Å². The molecule has 1 heteroatoms. The van der Waals surface area contributed by atoms with Crippen LogP contribution in [0.2, 0.25) is 0 Å². The standard InChI is InChI=1S/C6H6O/c1-5-3-2-4-6(5)7/h7H,4H2,1H3. The third-order valence-corrected chi connectivity index (χ3v) is 0.965. The molecular weight excluding hydrogens is 88.1 g/mol. The molecule has 1 nitrogen and oxygen atoms in total. The van der Waals surface area contributed by atoms with Crippen LogP contribution in [0.25, 0.3) is 0 Å². The van der Waals surface area contributed by atoms with E-state index in [9.17, 15) is 0 Å². The fourth-order valence-electron chi connectivity index (χ4n) is 0.465. The van der Waals surface area contributed by atoms with Crippen LogP contribution in [-0.4, -0.2) is 5.11 Å². The molecule has 0 aromatic carbocycles. The number of allylic oxidation sites excluding steroid dienone is 2. The second-order valence-electron chi connectivity index (χ2n) is 1.55. The number of aliphatic hydroxyl groups is 1. The van der Waals surface area contributed by atoms with Crippen molar-refractivity contribution in [1.29, 1.82) is 0 Å². The van der Waals surface area contributed by atoms with E-state index in [1.54, 1.807) is 0 Å². The fourth-order valence-corrected chi connectivity index (χ4v) is 0.465. The maximum Gasteiger partial charge on any atom is 0.115 e. The van der Waals surface area contributed by atoms with E-state index in [0.29, 0.717) is 12.2 Å². The molecule has 7 heavy (non-hydrogen) atoms. The zero-order valence-electron chi connectivity index (χ0n) is 4.15. The SMILES string of the molecule is CC1=C(O)CC#C1. The number of hydrogen-bond donors (Lipinski definition) is 1. The third-order valence-electron chi connectivity index (χ3n) is 0.965. The van der Waals surface area contributed by atoms with Crippen molar-refractivity contribution in [3.05, 3.63) is 11.3 Å². The second kappa shape index (κ2) is 1.31. The summed E-state index contributed by atoms with van der Waals surface area (Å²) in [6, 6.07) is 0. The number of hydrogen-bond acceptors (Lipinski definition) is 1. The van der Waals surface area contributed by atoms with Crippen LogP contribution in [-0.2, 0) is 0 Å². The van der Waals surface area contributed by atoms with Gasteiger partial charge in [0, 0.05) is 5.57 Å². The zero-order chi connectivity index (χ0) is 5.28. The van der Waals surface area contributed by atoms with Crippen molar-refractivity contribution in [3.63, 3.8) is 0 Å². The Morgan fingerprint density at radius 2 is 2.43 bits per heavy atom. The first-order valence-electron chi connectivity index (χ1n) is 2.18. The Labute approximate surface area is 42.7 Å². The van der Waals surface area contributed by atoms with Crippen LogP contribution in [0.15, 0.2) is 11.3 Å². The molecule has 0 saturated carbocycles. The van der Waals surface area contributed by atoms with Gasteiger partial charge in [-0.25, -0.2) is 0 Å². The molecule has 0 unspecified atom stereocenters. The Morgan fingerprint density at radius 1 is 1.71 bits per heavy atom. The fraction of sp³-hybridized carbons (Fsp3) is 0.333. The molecule has 1 aliphatic carbocycles. The molecule has 1 aliphatic rings. The van der Waals surface area contributed by atoms with Gasteiger partial charge in [0.25, 0.3) is 0 Å². The highest BCUT2D eigenvalue weighted by Crippen LogP contribution is 2.07. The summed E-state index contributed by atoms with van der Waals surface area (Å²) in [5.41, 5.74) is 0.819. The first kappa shape index (κ1) is 4.26. The Bertz CT molecular complexity index is 166. The van der Waals surface area contributed by atoms with Crippen molar-refractivity contribution >= 4 is 0 Å². The van der Waals surface area contributed by atoms with E-state index in [4.69, 9.17) is 5.11 Å². The van der Waals surface area contributed by atoms with Crippen molar-refractivity contribution < 1.29 is 5.11 Å². The molecule has 0 amide bonds. The van der Waals surface area contributed by atoms with Crippen LogP contribution in [0.3, 0.4) is 0 Å². The van der Waals surface area contributed by atoms with E-state index >= 15 is 0 Å². The molecule has 0 radical (unpaired) electrons. The largest absolute Gasteiger partial charge is 0.510 e. The van der Waals surface area contributed by atoms with Crippen LogP contribution in [0.5, 0.6) is 0 Å². The van der Waals surface area contributed by atoms with Gasteiger partial charge in [0.15, 0.2) is 0 Å². The lowest BCUT2D eigenvalue weighted by atomic mass is 10.3. The molecule has 0 saturated heterocycles. The summed E-state index contributed by atoms with van der Waals surface area (Å²) in [6.45, 7) is 1.81. The normalized spacial score (nSPS) is 16.7. The predicted molar refractivity (Wildman–Crippen MR) is 27.7 cm³/mol. The first-order valence-corrected chi connectivity index (χ1v) is 2.18. The van der Waals surface area contributed by atoms with Crippen LogP contribution in [0.4, 0.5) is 0 Å². The van der Waals surface area contributed by atoms with Crippen molar-refractivity contribution in [2.24, 2.45) is 0 Å². The minimum absolute atomic E-state index is 0.403. The van der Waals surface area contributed by atoms with Gasteiger partial charge in [0.05, 0.1) is 6.42 Å². The number of rotatable bonds is 0. The second-order valence-corrected chi connectivity index (χ2v) is 1.55. The monoisotopic (exact) mass is 94.0 g/mol. The van der Waals surface area contributed by atoms with E-state index in [0.717, 1.165) is 5.57 Å². The van der Waals surface area contributed by atoms with Gasteiger partial charge >= 0.3 is 0 Å². The topological polar surface area (TPSA) is 20.2 Å². The molecule has 0 aromatic rings. The third kappa shape index (κ3) is 0.592. The van der Waals surface area contributed by atoms with Gasteiger partial charge in [-0.15, -0.1) is 0 Å². The Hall–Kier alpha value is -0.900. The quantitative estimate of drug-likeness (QED) is 0.447. The Balaban J connectivity index is 2.88. The average molecular weight is 94.1 g/mol. The van der Waals surface area contributed by atoms with Gasteiger partial charge in [-0.2, -0.15) is 0 Å². The first-order chi connectivity index (χ1) is 3.30. The van der Waals surface area contributed by atoms with Crippen molar-refractivity contribution in [3.8, 4) is 11.8 Å². The van der Waals surface area contributed by atoms with Gasteiger partial charge < -0.3 is 5.11 Å². The number of aliphatic hydroxyl groups excluding tert-OH is 1. The molecular formula is C6H6O. The van der Waals surface area contributed by atoms with Crippen molar-refractivity contribution in [1.82, 2.24) is 0 Å². The van der Waals surface area contributed by atoms with Gasteiger partial charge in [0.2, 0.25) is 0 Å². The van der Waals surface area contributed by atoms with Gasteiger partial charge in [0.1, 0.15) is 5.76 Å². The Morgan fingerprint density at radius 3 is 2.57 bits per heavy atom.